The van der Waals surface area contributed by atoms with Gasteiger partial charge in [-0.2, -0.15) is 0 Å². The summed E-state index contributed by atoms with van der Waals surface area (Å²) in [6, 6.07) is 9.04. The Kier molecular flexibility index (Phi) is 4.32. The first-order valence-corrected chi connectivity index (χ1v) is 7.36. The van der Waals surface area contributed by atoms with Gasteiger partial charge in [-0.3, -0.25) is 0 Å². The monoisotopic (exact) mass is 340 g/mol. The molecule has 0 heterocycles. The zero-order valence-electron chi connectivity index (χ0n) is 11.1. The summed E-state index contributed by atoms with van der Waals surface area (Å²) in [6.07, 6.45) is 0. The van der Waals surface area contributed by atoms with E-state index in [-0.39, 0.29) is 10.6 Å². The molecule has 0 N–H and O–H groups in total. The third kappa shape index (κ3) is 3.01. The van der Waals surface area contributed by atoms with Gasteiger partial charge >= 0.3 is 0 Å². The van der Waals surface area contributed by atoms with Crippen LogP contribution in [0.4, 0.5) is 4.39 Å². The molecule has 0 spiro atoms. The van der Waals surface area contributed by atoms with E-state index in [1.807, 2.05) is 39.0 Å². The predicted molar refractivity (Wildman–Crippen MR) is 82.8 cm³/mol. The summed E-state index contributed by atoms with van der Waals surface area (Å²) in [5.74, 6) is -0.221. The van der Waals surface area contributed by atoms with Gasteiger partial charge < -0.3 is 0 Å². The second kappa shape index (κ2) is 5.64. The van der Waals surface area contributed by atoms with Crippen molar-refractivity contribution in [3.8, 4) is 0 Å². The predicted octanol–water partition coefficient (Wildman–Crippen LogP) is 5.89. The van der Waals surface area contributed by atoms with Crippen molar-refractivity contribution in [3.05, 3.63) is 69.0 Å². The Balaban J connectivity index is 2.52. The molecule has 0 aliphatic carbocycles. The van der Waals surface area contributed by atoms with E-state index in [0.29, 0.717) is 10.6 Å². The Morgan fingerprint density at radius 1 is 1.00 bits per heavy atom. The number of benzene rings is 2. The van der Waals surface area contributed by atoms with Crippen LogP contribution in [-0.4, -0.2) is 0 Å². The van der Waals surface area contributed by atoms with Gasteiger partial charge in [-0.1, -0.05) is 51.3 Å². The molecular weight excluding hydrogens is 327 g/mol. The molecule has 0 nitrogen and oxygen atoms in total. The molecule has 19 heavy (non-hydrogen) atoms. The third-order valence-corrected chi connectivity index (χ3v) is 4.62. The molecule has 1 atom stereocenters. The molecular formula is C16H15BrClF. The van der Waals surface area contributed by atoms with Crippen molar-refractivity contribution in [3.63, 3.8) is 0 Å². The van der Waals surface area contributed by atoms with Gasteiger partial charge in [-0.05, 0) is 49.6 Å². The topological polar surface area (TPSA) is 0 Å². The molecule has 0 radical (unpaired) electrons. The molecule has 0 saturated heterocycles. The first-order chi connectivity index (χ1) is 8.90. The Labute approximate surface area is 126 Å². The van der Waals surface area contributed by atoms with E-state index in [4.69, 9.17) is 11.6 Å². The van der Waals surface area contributed by atoms with Gasteiger partial charge in [0.1, 0.15) is 5.82 Å². The minimum atomic E-state index is -0.237. The van der Waals surface area contributed by atoms with Crippen molar-refractivity contribution < 1.29 is 4.39 Å². The van der Waals surface area contributed by atoms with Crippen LogP contribution in [-0.2, 0) is 0 Å². The minimum absolute atomic E-state index is 0.221. The van der Waals surface area contributed by atoms with Crippen LogP contribution in [0.1, 0.15) is 32.6 Å². The normalized spacial score (nSPS) is 12.5. The Morgan fingerprint density at radius 2 is 1.63 bits per heavy atom. The lowest BCUT2D eigenvalue weighted by atomic mass is 9.99. The lowest BCUT2D eigenvalue weighted by Gasteiger charge is -2.16. The quantitative estimate of drug-likeness (QED) is 0.598. The summed E-state index contributed by atoms with van der Waals surface area (Å²) >= 11 is 9.85. The van der Waals surface area contributed by atoms with Gasteiger partial charge in [-0.15, -0.1) is 0 Å². The molecule has 0 aliphatic heterocycles. The molecule has 1 unspecified atom stereocenters. The molecule has 2 rings (SSSR count). The standard InChI is InChI=1S/C16H15BrClF/c1-9-4-5-15(19)13(6-9)16(17)12-7-10(2)11(3)8-14(12)18/h4-8,16H,1-3H3. The van der Waals surface area contributed by atoms with E-state index in [9.17, 15) is 4.39 Å². The van der Waals surface area contributed by atoms with Crippen molar-refractivity contribution >= 4 is 27.5 Å². The van der Waals surface area contributed by atoms with Crippen LogP contribution in [0.15, 0.2) is 30.3 Å². The summed E-state index contributed by atoms with van der Waals surface area (Å²) in [4.78, 5) is -0.237. The zero-order chi connectivity index (χ0) is 14.2. The first kappa shape index (κ1) is 14.5. The summed E-state index contributed by atoms with van der Waals surface area (Å²) < 4.78 is 13.9. The summed E-state index contributed by atoms with van der Waals surface area (Å²) in [6.45, 7) is 5.99. The number of hydrogen-bond acceptors (Lipinski definition) is 0. The highest BCUT2D eigenvalue weighted by Crippen LogP contribution is 2.37. The van der Waals surface area contributed by atoms with Crippen LogP contribution in [0, 0.1) is 26.6 Å². The fourth-order valence-electron chi connectivity index (χ4n) is 2.02. The molecule has 2 aromatic carbocycles. The zero-order valence-corrected chi connectivity index (χ0v) is 13.4. The van der Waals surface area contributed by atoms with Crippen molar-refractivity contribution in [2.75, 3.05) is 0 Å². The minimum Gasteiger partial charge on any atom is -0.207 e. The van der Waals surface area contributed by atoms with Gasteiger partial charge in [0, 0.05) is 10.6 Å². The maximum Gasteiger partial charge on any atom is 0.127 e. The number of rotatable bonds is 2. The molecule has 0 amide bonds. The average molecular weight is 342 g/mol. The summed E-state index contributed by atoms with van der Waals surface area (Å²) in [7, 11) is 0. The van der Waals surface area contributed by atoms with Crippen molar-refractivity contribution in [2.24, 2.45) is 0 Å². The maximum absolute atomic E-state index is 13.9. The largest absolute Gasteiger partial charge is 0.207 e. The highest BCUT2D eigenvalue weighted by Gasteiger charge is 2.18. The molecule has 0 bridgehead atoms. The first-order valence-electron chi connectivity index (χ1n) is 6.07. The Bertz CT molecular complexity index is 622. The Hall–Kier alpha value is -0.860. The molecule has 2 aromatic rings. The molecule has 0 aromatic heterocycles. The van der Waals surface area contributed by atoms with Gasteiger partial charge in [-0.25, -0.2) is 4.39 Å². The van der Waals surface area contributed by atoms with Crippen LogP contribution >= 0.6 is 27.5 Å². The highest BCUT2D eigenvalue weighted by molar-refractivity contribution is 9.09. The molecule has 0 aliphatic rings. The van der Waals surface area contributed by atoms with Crippen molar-refractivity contribution in [1.29, 1.82) is 0 Å². The van der Waals surface area contributed by atoms with Crippen LogP contribution < -0.4 is 0 Å². The molecule has 100 valence electrons. The van der Waals surface area contributed by atoms with Crippen LogP contribution in [0.3, 0.4) is 0 Å². The van der Waals surface area contributed by atoms with E-state index < -0.39 is 0 Å². The Morgan fingerprint density at radius 3 is 2.32 bits per heavy atom. The second-order valence-electron chi connectivity index (χ2n) is 4.85. The smallest absolute Gasteiger partial charge is 0.127 e. The lowest BCUT2D eigenvalue weighted by molar-refractivity contribution is 0.613. The number of aryl methyl sites for hydroxylation is 3. The fourth-order valence-corrected chi connectivity index (χ4v) is 3.21. The van der Waals surface area contributed by atoms with Crippen molar-refractivity contribution in [2.45, 2.75) is 25.6 Å². The van der Waals surface area contributed by atoms with Crippen LogP contribution in [0.5, 0.6) is 0 Å². The van der Waals surface area contributed by atoms with Crippen LogP contribution in [0.25, 0.3) is 0 Å². The molecule has 0 saturated carbocycles. The lowest BCUT2D eigenvalue weighted by Crippen LogP contribution is -1.99. The highest BCUT2D eigenvalue weighted by atomic mass is 79.9. The molecule has 3 heteroatoms. The van der Waals surface area contributed by atoms with Gasteiger partial charge in [0.2, 0.25) is 0 Å². The third-order valence-electron chi connectivity index (χ3n) is 3.31. The van der Waals surface area contributed by atoms with E-state index in [1.54, 1.807) is 6.07 Å². The van der Waals surface area contributed by atoms with Gasteiger partial charge in [0.15, 0.2) is 0 Å². The summed E-state index contributed by atoms with van der Waals surface area (Å²) in [5, 5.41) is 0.658. The van der Waals surface area contributed by atoms with E-state index in [1.165, 1.54) is 6.07 Å². The SMILES string of the molecule is Cc1ccc(F)c(C(Br)c2cc(C)c(C)cc2Cl)c1. The van der Waals surface area contributed by atoms with Gasteiger partial charge in [0.25, 0.3) is 0 Å². The van der Waals surface area contributed by atoms with Crippen LogP contribution in [0.2, 0.25) is 5.02 Å². The fraction of sp³-hybridized carbons (Fsp3) is 0.250. The second-order valence-corrected chi connectivity index (χ2v) is 6.17. The van der Waals surface area contributed by atoms with E-state index in [2.05, 4.69) is 15.9 Å². The van der Waals surface area contributed by atoms with Gasteiger partial charge in [0.05, 0.1) is 4.83 Å². The number of halogens is 3. The summed E-state index contributed by atoms with van der Waals surface area (Å²) in [5.41, 5.74) is 4.83. The van der Waals surface area contributed by atoms with E-state index >= 15 is 0 Å². The number of alkyl halides is 1. The maximum atomic E-state index is 13.9. The number of hydrogen-bond donors (Lipinski definition) is 0. The van der Waals surface area contributed by atoms with E-state index in [0.717, 1.165) is 22.3 Å². The van der Waals surface area contributed by atoms with Crippen molar-refractivity contribution in [1.82, 2.24) is 0 Å². The average Bonchev–Trinajstić information content (AvgIpc) is 2.36. The molecule has 0 fully saturated rings.